The van der Waals surface area contributed by atoms with Crippen molar-refractivity contribution in [2.45, 2.75) is 26.4 Å². The van der Waals surface area contributed by atoms with Gasteiger partial charge < -0.3 is 0 Å². The number of hydrogen-bond donors (Lipinski definition) is 0. The van der Waals surface area contributed by atoms with Crippen LogP contribution in [0.5, 0.6) is 0 Å². The molecule has 5 aromatic rings. The summed E-state index contributed by atoms with van der Waals surface area (Å²) in [6.07, 6.45) is 0.674. The van der Waals surface area contributed by atoms with Crippen molar-refractivity contribution in [2.24, 2.45) is 0 Å². The maximum Gasteiger partial charge on any atom is 0.352 e. The van der Waals surface area contributed by atoms with E-state index in [0.29, 0.717) is 36.2 Å². The normalized spacial score (nSPS) is 11.4. The largest absolute Gasteiger partial charge is 0.352 e. The highest BCUT2D eigenvalue weighted by atomic mass is 16.2. The van der Waals surface area contributed by atoms with Crippen LogP contribution in [-0.2, 0) is 19.5 Å². The molecule has 0 N–H and O–H groups in total. The molecule has 0 spiro atoms. The Bertz CT molecular complexity index is 1510. The summed E-state index contributed by atoms with van der Waals surface area (Å²) in [5, 5.41) is 5.12. The molecule has 0 amide bonds. The standard InChI is InChI=1S/C25H22N4O2/c1-18-9-5-6-12-20(18)17-28-25(31)29-22-14-8-7-13-21(22)23(30)27(24(29)26-28)16-15-19-10-3-2-4-11-19/h2-14H,15-17H2,1H3. The highest BCUT2D eigenvalue weighted by Gasteiger charge is 2.17. The summed E-state index contributed by atoms with van der Waals surface area (Å²) in [4.78, 5) is 26.6. The van der Waals surface area contributed by atoms with Crippen LogP contribution in [-0.4, -0.2) is 18.7 Å². The van der Waals surface area contributed by atoms with Crippen molar-refractivity contribution in [2.75, 3.05) is 0 Å². The number of fused-ring (bicyclic) bond motifs is 3. The lowest BCUT2D eigenvalue weighted by molar-refractivity contribution is 0.643. The van der Waals surface area contributed by atoms with Crippen molar-refractivity contribution >= 4 is 16.7 Å². The summed E-state index contributed by atoms with van der Waals surface area (Å²) in [7, 11) is 0. The van der Waals surface area contributed by atoms with Crippen LogP contribution in [0.1, 0.15) is 16.7 Å². The molecule has 0 bridgehead atoms. The SMILES string of the molecule is Cc1ccccc1Cn1nc2n(CCc3ccccc3)c(=O)c3ccccc3n2c1=O. The molecule has 0 unspecified atom stereocenters. The molecule has 0 aliphatic carbocycles. The van der Waals surface area contributed by atoms with Crippen LogP contribution in [0.2, 0.25) is 0 Å². The van der Waals surface area contributed by atoms with Crippen LogP contribution in [0.15, 0.2) is 88.5 Å². The summed E-state index contributed by atoms with van der Waals surface area (Å²) < 4.78 is 4.62. The predicted octanol–water partition coefficient (Wildman–Crippen LogP) is 3.41. The molecular formula is C25H22N4O2. The van der Waals surface area contributed by atoms with Gasteiger partial charge in [0.2, 0.25) is 5.78 Å². The average molecular weight is 410 g/mol. The fourth-order valence-corrected chi connectivity index (χ4v) is 4.01. The summed E-state index contributed by atoms with van der Waals surface area (Å²) >= 11 is 0. The number of benzene rings is 3. The molecule has 31 heavy (non-hydrogen) atoms. The van der Waals surface area contributed by atoms with Crippen molar-refractivity contribution in [3.05, 3.63) is 116 Å². The summed E-state index contributed by atoms with van der Waals surface area (Å²) in [6.45, 7) is 2.81. The molecule has 0 aliphatic heterocycles. The second-order valence-corrected chi connectivity index (χ2v) is 7.71. The third-order valence-electron chi connectivity index (χ3n) is 5.73. The van der Waals surface area contributed by atoms with Gasteiger partial charge in [0.05, 0.1) is 17.4 Å². The maximum absolute atomic E-state index is 13.3. The first-order valence-electron chi connectivity index (χ1n) is 10.3. The topological polar surface area (TPSA) is 61.3 Å². The second-order valence-electron chi connectivity index (χ2n) is 7.71. The highest BCUT2D eigenvalue weighted by Crippen LogP contribution is 2.13. The molecule has 0 fully saturated rings. The van der Waals surface area contributed by atoms with Gasteiger partial charge in [-0.3, -0.25) is 9.36 Å². The van der Waals surface area contributed by atoms with Crippen molar-refractivity contribution < 1.29 is 0 Å². The molecule has 154 valence electrons. The molecule has 6 heteroatoms. The number of hydrogen-bond acceptors (Lipinski definition) is 3. The first kappa shape index (κ1) is 19.1. The zero-order chi connectivity index (χ0) is 21.4. The van der Waals surface area contributed by atoms with E-state index in [2.05, 4.69) is 5.10 Å². The van der Waals surface area contributed by atoms with E-state index in [1.54, 1.807) is 21.1 Å². The van der Waals surface area contributed by atoms with Gasteiger partial charge in [-0.15, -0.1) is 5.10 Å². The number of aryl methyl sites for hydroxylation is 3. The van der Waals surface area contributed by atoms with Crippen LogP contribution in [0.3, 0.4) is 0 Å². The number of nitrogens with zero attached hydrogens (tertiary/aromatic N) is 4. The monoisotopic (exact) mass is 410 g/mol. The van der Waals surface area contributed by atoms with Crippen molar-refractivity contribution in [1.29, 1.82) is 0 Å². The third kappa shape index (κ3) is 3.36. The van der Waals surface area contributed by atoms with Gasteiger partial charge in [0.15, 0.2) is 0 Å². The van der Waals surface area contributed by atoms with E-state index in [4.69, 9.17) is 0 Å². The van der Waals surface area contributed by atoms with Crippen LogP contribution in [0.25, 0.3) is 16.7 Å². The molecule has 0 aliphatic rings. The lowest BCUT2D eigenvalue weighted by Gasteiger charge is -2.09. The van der Waals surface area contributed by atoms with Gasteiger partial charge in [-0.2, -0.15) is 0 Å². The summed E-state index contributed by atoms with van der Waals surface area (Å²) in [5.74, 6) is 0.373. The minimum atomic E-state index is -0.247. The van der Waals surface area contributed by atoms with Crippen molar-refractivity contribution in [3.63, 3.8) is 0 Å². The lowest BCUT2D eigenvalue weighted by Crippen LogP contribution is -2.27. The predicted molar refractivity (Wildman–Crippen MR) is 122 cm³/mol. The molecule has 5 rings (SSSR count). The van der Waals surface area contributed by atoms with E-state index in [1.165, 1.54) is 4.68 Å². The van der Waals surface area contributed by atoms with Crippen LogP contribution in [0.4, 0.5) is 0 Å². The fourth-order valence-electron chi connectivity index (χ4n) is 4.01. The lowest BCUT2D eigenvalue weighted by atomic mass is 10.1. The molecule has 2 heterocycles. The summed E-state index contributed by atoms with van der Waals surface area (Å²) in [5.41, 5.74) is 3.45. The van der Waals surface area contributed by atoms with Crippen LogP contribution < -0.4 is 11.2 Å². The summed E-state index contributed by atoms with van der Waals surface area (Å²) in [6, 6.07) is 25.1. The Morgan fingerprint density at radius 3 is 2.35 bits per heavy atom. The minimum absolute atomic E-state index is 0.132. The molecule has 2 aromatic heterocycles. The maximum atomic E-state index is 13.3. The molecular weight excluding hydrogens is 388 g/mol. The Hall–Kier alpha value is -3.93. The van der Waals surface area contributed by atoms with Crippen molar-refractivity contribution in [1.82, 2.24) is 18.7 Å². The van der Waals surface area contributed by atoms with Gasteiger partial charge >= 0.3 is 5.69 Å². The Morgan fingerprint density at radius 1 is 0.839 bits per heavy atom. The smallest absolute Gasteiger partial charge is 0.276 e. The molecule has 6 nitrogen and oxygen atoms in total. The van der Waals surface area contributed by atoms with Crippen molar-refractivity contribution in [3.8, 4) is 0 Å². The zero-order valence-electron chi connectivity index (χ0n) is 17.2. The minimum Gasteiger partial charge on any atom is -0.276 e. The zero-order valence-corrected chi connectivity index (χ0v) is 17.2. The van der Waals surface area contributed by atoms with E-state index in [9.17, 15) is 9.59 Å². The van der Waals surface area contributed by atoms with Crippen LogP contribution in [0, 0.1) is 6.92 Å². The van der Waals surface area contributed by atoms with Gasteiger partial charge in [-0.25, -0.2) is 13.9 Å². The number of para-hydroxylation sites is 1. The molecule has 0 saturated heterocycles. The van der Waals surface area contributed by atoms with E-state index < -0.39 is 0 Å². The number of rotatable bonds is 5. The Kier molecular flexibility index (Phi) is 4.75. The van der Waals surface area contributed by atoms with Gasteiger partial charge in [0, 0.05) is 6.54 Å². The Balaban J connectivity index is 1.70. The van der Waals surface area contributed by atoms with Gasteiger partial charge in [-0.1, -0.05) is 66.7 Å². The average Bonchev–Trinajstić information content (AvgIpc) is 3.12. The van der Waals surface area contributed by atoms with E-state index in [-0.39, 0.29) is 11.2 Å². The van der Waals surface area contributed by atoms with Gasteiger partial charge in [-0.05, 0) is 42.2 Å². The molecule has 0 atom stereocenters. The first-order valence-corrected chi connectivity index (χ1v) is 10.3. The quantitative estimate of drug-likeness (QED) is 0.446. The first-order chi connectivity index (χ1) is 15.1. The van der Waals surface area contributed by atoms with E-state index in [1.807, 2.05) is 73.7 Å². The Labute approximate surface area is 178 Å². The number of aromatic nitrogens is 4. The second kappa shape index (κ2) is 7.72. The molecule has 0 saturated carbocycles. The highest BCUT2D eigenvalue weighted by molar-refractivity contribution is 5.80. The van der Waals surface area contributed by atoms with Crippen LogP contribution >= 0.6 is 0 Å². The molecule has 0 radical (unpaired) electrons. The Morgan fingerprint density at radius 2 is 1.55 bits per heavy atom. The van der Waals surface area contributed by atoms with E-state index >= 15 is 0 Å². The third-order valence-corrected chi connectivity index (χ3v) is 5.73. The van der Waals surface area contributed by atoms with E-state index in [0.717, 1.165) is 16.7 Å². The van der Waals surface area contributed by atoms with Gasteiger partial charge in [0.1, 0.15) is 0 Å². The molecule has 3 aromatic carbocycles. The fraction of sp³-hybridized carbons (Fsp3) is 0.160. The van der Waals surface area contributed by atoms with Gasteiger partial charge in [0.25, 0.3) is 5.56 Å².